The average Bonchev–Trinajstić information content (AvgIpc) is 3.10. The maximum absolute atomic E-state index is 11.8. The van der Waals surface area contributed by atoms with Crippen molar-refractivity contribution in [2.24, 2.45) is 13.0 Å². The van der Waals surface area contributed by atoms with Gasteiger partial charge >= 0.3 is 0 Å². The molecule has 23 heavy (non-hydrogen) atoms. The van der Waals surface area contributed by atoms with Gasteiger partial charge in [0.25, 0.3) is 0 Å². The van der Waals surface area contributed by atoms with Gasteiger partial charge in [-0.2, -0.15) is 5.10 Å². The highest BCUT2D eigenvalue weighted by Gasteiger charge is 2.27. The molecular formula is C15H20N6O2. The molecule has 2 aromatic rings. The first-order chi connectivity index (χ1) is 11.2. The van der Waals surface area contributed by atoms with E-state index in [9.17, 15) is 4.79 Å². The molecule has 1 amide bonds. The molecule has 0 saturated heterocycles. The van der Waals surface area contributed by atoms with Gasteiger partial charge in [-0.15, -0.1) is 5.10 Å². The highest BCUT2D eigenvalue weighted by molar-refractivity contribution is 5.76. The van der Waals surface area contributed by atoms with Crippen molar-refractivity contribution < 1.29 is 9.53 Å². The predicted molar refractivity (Wildman–Crippen MR) is 81.2 cm³/mol. The Kier molecular flexibility index (Phi) is 3.60. The van der Waals surface area contributed by atoms with Crippen LogP contribution in [0, 0.1) is 5.92 Å². The Morgan fingerprint density at radius 2 is 2.35 bits per heavy atom. The summed E-state index contributed by atoms with van der Waals surface area (Å²) in [4.78, 5) is 11.8. The monoisotopic (exact) mass is 316 g/mol. The van der Waals surface area contributed by atoms with Crippen LogP contribution < -0.4 is 5.32 Å². The zero-order valence-corrected chi connectivity index (χ0v) is 13.1. The minimum Gasteiger partial charge on any atom is -0.368 e. The molecule has 3 heterocycles. The second kappa shape index (κ2) is 5.77. The van der Waals surface area contributed by atoms with Gasteiger partial charge in [0.1, 0.15) is 5.69 Å². The summed E-state index contributed by atoms with van der Waals surface area (Å²) in [6, 6.07) is 1.91. The SMILES string of the molecule is Cn1nccc1-c1nnn2c1CO[C@@H](CNC(=O)CC1CC1)C2. The van der Waals surface area contributed by atoms with E-state index in [4.69, 9.17) is 4.74 Å². The molecule has 0 aromatic carbocycles. The number of hydrogen-bond acceptors (Lipinski definition) is 5. The summed E-state index contributed by atoms with van der Waals surface area (Å²) < 4.78 is 9.50. The number of fused-ring (bicyclic) bond motifs is 1. The van der Waals surface area contributed by atoms with Gasteiger partial charge in [-0.1, -0.05) is 5.21 Å². The van der Waals surface area contributed by atoms with E-state index in [1.165, 1.54) is 12.8 Å². The molecule has 2 aromatic heterocycles. The van der Waals surface area contributed by atoms with E-state index in [2.05, 4.69) is 20.7 Å². The third-order valence-corrected chi connectivity index (χ3v) is 4.43. The fourth-order valence-corrected chi connectivity index (χ4v) is 2.88. The molecule has 0 radical (unpaired) electrons. The number of carbonyl (C=O) groups is 1. The largest absolute Gasteiger partial charge is 0.368 e. The number of ether oxygens (including phenoxy) is 1. The molecule has 1 fully saturated rings. The molecule has 1 aliphatic carbocycles. The molecule has 1 N–H and O–H groups in total. The molecule has 8 nitrogen and oxygen atoms in total. The number of nitrogens with one attached hydrogen (secondary N) is 1. The molecule has 122 valence electrons. The Balaban J connectivity index is 1.39. The summed E-state index contributed by atoms with van der Waals surface area (Å²) in [5.74, 6) is 0.724. The Morgan fingerprint density at radius 3 is 3.09 bits per heavy atom. The Labute approximate surface area is 133 Å². The van der Waals surface area contributed by atoms with Gasteiger partial charge in [0.2, 0.25) is 5.91 Å². The lowest BCUT2D eigenvalue weighted by atomic mass is 10.2. The summed E-state index contributed by atoms with van der Waals surface area (Å²) in [6.45, 7) is 1.56. The summed E-state index contributed by atoms with van der Waals surface area (Å²) in [7, 11) is 1.88. The van der Waals surface area contributed by atoms with E-state index in [0.29, 0.717) is 32.0 Å². The smallest absolute Gasteiger partial charge is 0.220 e. The van der Waals surface area contributed by atoms with E-state index >= 15 is 0 Å². The minimum absolute atomic E-state index is 0.0632. The molecule has 0 unspecified atom stereocenters. The zero-order valence-electron chi connectivity index (χ0n) is 13.1. The van der Waals surface area contributed by atoms with Crippen LogP contribution >= 0.6 is 0 Å². The van der Waals surface area contributed by atoms with Crippen LogP contribution in [0.2, 0.25) is 0 Å². The molecule has 4 rings (SSSR count). The van der Waals surface area contributed by atoms with Crippen molar-refractivity contribution in [3.8, 4) is 11.4 Å². The number of rotatable bonds is 5. The van der Waals surface area contributed by atoms with E-state index in [1.54, 1.807) is 10.9 Å². The van der Waals surface area contributed by atoms with Crippen molar-refractivity contribution in [1.82, 2.24) is 30.1 Å². The van der Waals surface area contributed by atoms with Crippen LogP contribution in [0.15, 0.2) is 12.3 Å². The zero-order chi connectivity index (χ0) is 15.8. The maximum atomic E-state index is 11.8. The number of nitrogens with zero attached hydrogens (tertiary/aromatic N) is 5. The van der Waals surface area contributed by atoms with Crippen LogP contribution in [0.25, 0.3) is 11.4 Å². The summed E-state index contributed by atoms with van der Waals surface area (Å²) >= 11 is 0. The van der Waals surface area contributed by atoms with E-state index in [0.717, 1.165) is 17.1 Å². The second-order valence-corrected chi connectivity index (χ2v) is 6.29. The van der Waals surface area contributed by atoms with Crippen molar-refractivity contribution in [2.75, 3.05) is 6.54 Å². The van der Waals surface area contributed by atoms with Crippen LogP contribution in [-0.4, -0.2) is 43.3 Å². The molecule has 0 bridgehead atoms. The predicted octanol–water partition coefficient (Wildman–Crippen LogP) is 0.494. The van der Waals surface area contributed by atoms with Gasteiger partial charge in [0, 0.05) is 26.2 Å². The highest BCUT2D eigenvalue weighted by Crippen LogP contribution is 2.32. The molecular weight excluding hydrogens is 296 g/mol. The number of amides is 1. The van der Waals surface area contributed by atoms with Crippen molar-refractivity contribution in [3.05, 3.63) is 18.0 Å². The molecule has 2 aliphatic rings. The Morgan fingerprint density at radius 1 is 1.48 bits per heavy atom. The lowest BCUT2D eigenvalue weighted by molar-refractivity contribution is -0.122. The second-order valence-electron chi connectivity index (χ2n) is 6.29. The van der Waals surface area contributed by atoms with Crippen molar-refractivity contribution in [2.45, 2.75) is 38.5 Å². The van der Waals surface area contributed by atoms with Crippen molar-refractivity contribution in [3.63, 3.8) is 0 Å². The third-order valence-electron chi connectivity index (χ3n) is 4.43. The first-order valence-electron chi connectivity index (χ1n) is 7.99. The Hall–Kier alpha value is -2.22. The lowest BCUT2D eigenvalue weighted by Gasteiger charge is -2.24. The number of hydrogen-bond donors (Lipinski definition) is 1. The van der Waals surface area contributed by atoms with E-state index in [1.807, 2.05) is 17.8 Å². The van der Waals surface area contributed by atoms with Crippen LogP contribution in [0.3, 0.4) is 0 Å². The maximum Gasteiger partial charge on any atom is 0.220 e. The average molecular weight is 316 g/mol. The first-order valence-corrected chi connectivity index (χ1v) is 7.99. The van der Waals surface area contributed by atoms with Crippen molar-refractivity contribution in [1.29, 1.82) is 0 Å². The van der Waals surface area contributed by atoms with Crippen molar-refractivity contribution >= 4 is 5.91 Å². The van der Waals surface area contributed by atoms with Crippen LogP contribution in [0.4, 0.5) is 0 Å². The van der Waals surface area contributed by atoms with E-state index < -0.39 is 0 Å². The highest BCUT2D eigenvalue weighted by atomic mass is 16.5. The Bertz CT molecular complexity index is 717. The molecule has 1 aliphatic heterocycles. The van der Waals surface area contributed by atoms with Gasteiger partial charge < -0.3 is 10.1 Å². The van der Waals surface area contributed by atoms with Crippen LogP contribution in [-0.2, 0) is 29.7 Å². The van der Waals surface area contributed by atoms with Gasteiger partial charge in [0.05, 0.1) is 30.6 Å². The van der Waals surface area contributed by atoms with Gasteiger partial charge in [0.15, 0.2) is 0 Å². The van der Waals surface area contributed by atoms with Crippen LogP contribution in [0.1, 0.15) is 25.0 Å². The third kappa shape index (κ3) is 2.98. The fourth-order valence-electron chi connectivity index (χ4n) is 2.88. The quantitative estimate of drug-likeness (QED) is 0.867. The summed E-state index contributed by atoms with van der Waals surface area (Å²) in [6.07, 6.45) is 4.69. The van der Waals surface area contributed by atoms with E-state index in [-0.39, 0.29) is 12.0 Å². The van der Waals surface area contributed by atoms with Gasteiger partial charge in [-0.05, 0) is 24.8 Å². The summed E-state index contributed by atoms with van der Waals surface area (Å²) in [5, 5.41) is 15.6. The lowest BCUT2D eigenvalue weighted by Crippen LogP contribution is -2.39. The molecule has 1 atom stereocenters. The van der Waals surface area contributed by atoms with Crippen LogP contribution in [0.5, 0.6) is 0 Å². The molecule has 1 saturated carbocycles. The van der Waals surface area contributed by atoms with Gasteiger partial charge in [-0.3, -0.25) is 9.48 Å². The first kappa shape index (κ1) is 14.4. The number of aromatic nitrogens is 5. The molecule has 0 spiro atoms. The summed E-state index contributed by atoms with van der Waals surface area (Å²) in [5.41, 5.74) is 2.68. The topological polar surface area (TPSA) is 86.9 Å². The number of carbonyl (C=O) groups excluding carboxylic acids is 1. The molecule has 8 heteroatoms. The number of aryl methyl sites for hydroxylation is 1. The minimum atomic E-state index is -0.0632. The standard InChI is InChI=1S/C15H20N6O2/c1-20-12(4-5-17-20)15-13-9-23-11(8-21(13)19-18-15)7-16-14(22)6-10-2-3-10/h4-5,10-11H,2-3,6-9H2,1H3,(H,16,22)/t11-/m0/s1. The fraction of sp³-hybridized carbons (Fsp3) is 0.600. The normalized spacial score (nSPS) is 20.3. The van der Waals surface area contributed by atoms with Gasteiger partial charge in [-0.25, -0.2) is 4.68 Å².